The maximum atomic E-state index is 11.5. The third-order valence-corrected chi connectivity index (χ3v) is 2.31. The van der Waals surface area contributed by atoms with Gasteiger partial charge in [-0.15, -0.1) is 0 Å². The highest BCUT2D eigenvalue weighted by Crippen LogP contribution is 2.05. The Kier molecular flexibility index (Phi) is 3.73. The number of rotatable bonds is 3. The summed E-state index contributed by atoms with van der Waals surface area (Å²) in [6.45, 7) is 5.57. The molecule has 1 heterocycles. The zero-order valence-electron chi connectivity index (χ0n) is 8.67. The van der Waals surface area contributed by atoms with E-state index in [-0.39, 0.29) is 18.0 Å². The summed E-state index contributed by atoms with van der Waals surface area (Å²) in [6.07, 6.45) is 0.898. The number of hydrogen-bond donors (Lipinski definition) is 2. The van der Waals surface area contributed by atoms with E-state index < -0.39 is 0 Å². The SMILES string of the molecule is CCNC(=O)C(C)N1CCCNC1=O. The normalized spacial score (nSPS) is 18.7. The van der Waals surface area contributed by atoms with Gasteiger partial charge in [0.15, 0.2) is 0 Å². The molecule has 1 fully saturated rings. The van der Waals surface area contributed by atoms with Crippen LogP contribution in [0.5, 0.6) is 0 Å². The second kappa shape index (κ2) is 4.83. The third kappa shape index (κ3) is 2.37. The summed E-state index contributed by atoms with van der Waals surface area (Å²) in [4.78, 5) is 24.4. The van der Waals surface area contributed by atoms with Crippen molar-refractivity contribution in [1.82, 2.24) is 15.5 Å². The molecule has 1 aliphatic rings. The fourth-order valence-electron chi connectivity index (χ4n) is 1.48. The second-order valence-corrected chi connectivity index (χ2v) is 3.35. The molecule has 1 rings (SSSR count). The van der Waals surface area contributed by atoms with E-state index in [4.69, 9.17) is 0 Å². The molecule has 0 radical (unpaired) electrons. The van der Waals surface area contributed by atoms with E-state index in [9.17, 15) is 9.59 Å². The monoisotopic (exact) mass is 199 g/mol. The predicted octanol–water partition coefficient (Wildman–Crippen LogP) is -0.0737. The molecular formula is C9H17N3O2. The molecule has 0 aromatic rings. The zero-order valence-corrected chi connectivity index (χ0v) is 8.67. The first-order chi connectivity index (χ1) is 6.66. The summed E-state index contributed by atoms with van der Waals surface area (Å²) < 4.78 is 0. The van der Waals surface area contributed by atoms with Crippen LogP contribution in [0.3, 0.4) is 0 Å². The summed E-state index contributed by atoms with van der Waals surface area (Å²) in [5, 5.41) is 5.42. The van der Waals surface area contributed by atoms with E-state index in [0.717, 1.165) is 6.42 Å². The van der Waals surface area contributed by atoms with Crippen LogP contribution < -0.4 is 10.6 Å². The Morgan fingerprint density at radius 1 is 1.71 bits per heavy atom. The molecule has 14 heavy (non-hydrogen) atoms. The standard InChI is InChI=1S/C9H17N3O2/c1-3-10-8(13)7(2)12-6-4-5-11-9(12)14/h7H,3-6H2,1-2H3,(H,10,13)(H,11,14). The van der Waals surface area contributed by atoms with Gasteiger partial charge in [0.2, 0.25) is 5.91 Å². The van der Waals surface area contributed by atoms with Crippen molar-refractivity contribution in [3.63, 3.8) is 0 Å². The second-order valence-electron chi connectivity index (χ2n) is 3.35. The highest BCUT2D eigenvalue weighted by atomic mass is 16.2. The molecule has 80 valence electrons. The number of urea groups is 1. The van der Waals surface area contributed by atoms with E-state index in [0.29, 0.717) is 19.6 Å². The van der Waals surface area contributed by atoms with Gasteiger partial charge >= 0.3 is 6.03 Å². The quantitative estimate of drug-likeness (QED) is 0.668. The summed E-state index contributed by atoms with van der Waals surface area (Å²) in [7, 11) is 0. The summed E-state index contributed by atoms with van der Waals surface area (Å²) in [5.41, 5.74) is 0. The van der Waals surface area contributed by atoms with Crippen molar-refractivity contribution in [2.45, 2.75) is 26.3 Å². The molecule has 0 saturated carbocycles. The molecule has 3 amide bonds. The lowest BCUT2D eigenvalue weighted by Crippen LogP contribution is -2.54. The van der Waals surface area contributed by atoms with E-state index in [1.54, 1.807) is 11.8 Å². The fourth-order valence-corrected chi connectivity index (χ4v) is 1.48. The highest BCUT2D eigenvalue weighted by Gasteiger charge is 2.26. The van der Waals surface area contributed by atoms with E-state index in [1.807, 2.05) is 6.92 Å². The van der Waals surface area contributed by atoms with Gasteiger partial charge in [0.05, 0.1) is 0 Å². The minimum absolute atomic E-state index is 0.0930. The van der Waals surface area contributed by atoms with Crippen LogP contribution in [0.25, 0.3) is 0 Å². The molecule has 0 aromatic carbocycles. The van der Waals surface area contributed by atoms with Crippen LogP contribution >= 0.6 is 0 Å². The first-order valence-corrected chi connectivity index (χ1v) is 4.99. The third-order valence-electron chi connectivity index (χ3n) is 2.31. The first-order valence-electron chi connectivity index (χ1n) is 4.99. The van der Waals surface area contributed by atoms with Crippen molar-refractivity contribution >= 4 is 11.9 Å². The molecule has 1 saturated heterocycles. The van der Waals surface area contributed by atoms with Crippen molar-refractivity contribution in [1.29, 1.82) is 0 Å². The predicted molar refractivity (Wildman–Crippen MR) is 52.9 cm³/mol. The smallest absolute Gasteiger partial charge is 0.318 e. The Morgan fingerprint density at radius 3 is 3.00 bits per heavy atom. The van der Waals surface area contributed by atoms with Gasteiger partial charge in [0.1, 0.15) is 6.04 Å². The van der Waals surface area contributed by atoms with Gasteiger partial charge in [0.25, 0.3) is 0 Å². The summed E-state index contributed by atoms with van der Waals surface area (Å²) in [6, 6.07) is -0.523. The number of nitrogens with one attached hydrogen (secondary N) is 2. The Bertz CT molecular complexity index is 230. The Morgan fingerprint density at radius 2 is 2.43 bits per heavy atom. The maximum absolute atomic E-state index is 11.5. The Balaban J connectivity index is 2.53. The minimum atomic E-state index is -0.379. The van der Waals surface area contributed by atoms with Crippen LogP contribution in [-0.2, 0) is 4.79 Å². The van der Waals surface area contributed by atoms with Crippen molar-refractivity contribution in [2.75, 3.05) is 19.6 Å². The molecule has 2 N–H and O–H groups in total. The lowest BCUT2D eigenvalue weighted by Gasteiger charge is -2.31. The van der Waals surface area contributed by atoms with Crippen LogP contribution in [0.15, 0.2) is 0 Å². The van der Waals surface area contributed by atoms with Crippen LogP contribution in [0.4, 0.5) is 4.79 Å². The highest BCUT2D eigenvalue weighted by molar-refractivity contribution is 5.86. The number of amides is 3. The average molecular weight is 199 g/mol. The number of hydrogen-bond acceptors (Lipinski definition) is 2. The fraction of sp³-hybridized carbons (Fsp3) is 0.778. The molecule has 1 unspecified atom stereocenters. The number of carbonyl (C=O) groups excluding carboxylic acids is 2. The van der Waals surface area contributed by atoms with Gasteiger partial charge in [-0.1, -0.05) is 0 Å². The number of likely N-dealkylation sites (N-methyl/N-ethyl adjacent to an activating group) is 1. The number of nitrogens with zero attached hydrogens (tertiary/aromatic N) is 1. The van der Waals surface area contributed by atoms with Crippen LogP contribution in [0.2, 0.25) is 0 Å². The average Bonchev–Trinajstić information content (AvgIpc) is 2.18. The molecule has 0 aromatic heterocycles. The van der Waals surface area contributed by atoms with Gasteiger partial charge in [-0.05, 0) is 20.3 Å². The molecule has 0 spiro atoms. The van der Waals surface area contributed by atoms with Gasteiger partial charge in [-0.2, -0.15) is 0 Å². The van der Waals surface area contributed by atoms with Gasteiger partial charge in [-0.3, -0.25) is 4.79 Å². The van der Waals surface area contributed by atoms with Crippen molar-refractivity contribution in [3.8, 4) is 0 Å². The van der Waals surface area contributed by atoms with Gasteiger partial charge < -0.3 is 15.5 Å². The zero-order chi connectivity index (χ0) is 10.6. The van der Waals surface area contributed by atoms with Gasteiger partial charge in [-0.25, -0.2) is 4.79 Å². The molecule has 5 heteroatoms. The Hall–Kier alpha value is -1.26. The molecular weight excluding hydrogens is 182 g/mol. The molecule has 1 atom stereocenters. The molecule has 1 aliphatic heterocycles. The summed E-state index contributed by atoms with van der Waals surface area (Å²) in [5.74, 6) is -0.0930. The van der Waals surface area contributed by atoms with Crippen LogP contribution in [-0.4, -0.2) is 42.5 Å². The maximum Gasteiger partial charge on any atom is 0.318 e. The van der Waals surface area contributed by atoms with E-state index >= 15 is 0 Å². The topological polar surface area (TPSA) is 61.4 Å². The lowest BCUT2D eigenvalue weighted by atomic mass is 10.2. The molecule has 0 aliphatic carbocycles. The van der Waals surface area contributed by atoms with Crippen molar-refractivity contribution < 1.29 is 9.59 Å². The van der Waals surface area contributed by atoms with Gasteiger partial charge in [0, 0.05) is 19.6 Å². The van der Waals surface area contributed by atoms with Crippen molar-refractivity contribution in [2.24, 2.45) is 0 Å². The largest absolute Gasteiger partial charge is 0.355 e. The van der Waals surface area contributed by atoms with E-state index in [2.05, 4.69) is 10.6 Å². The first kappa shape index (κ1) is 10.8. The van der Waals surface area contributed by atoms with Crippen molar-refractivity contribution in [3.05, 3.63) is 0 Å². The van der Waals surface area contributed by atoms with E-state index in [1.165, 1.54) is 0 Å². The summed E-state index contributed by atoms with van der Waals surface area (Å²) >= 11 is 0. The van der Waals surface area contributed by atoms with Crippen LogP contribution in [0.1, 0.15) is 20.3 Å². The molecule has 0 bridgehead atoms. The van der Waals surface area contributed by atoms with Crippen LogP contribution in [0, 0.1) is 0 Å². The number of carbonyl (C=O) groups is 2. The Labute approximate surface area is 83.8 Å². The lowest BCUT2D eigenvalue weighted by molar-refractivity contribution is -0.125. The minimum Gasteiger partial charge on any atom is -0.355 e. The molecule has 5 nitrogen and oxygen atoms in total.